The zero-order valence-corrected chi connectivity index (χ0v) is 23.2. The van der Waals surface area contributed by atoms with Crippen LogP contribution in [-0.4, -0.2) is 9.97 Å². The number of rotatable bonds is 4. The Morgan fingerprint density at radius 2 is 0.718 bits per heavy atom. The average molecular weight is 691 g/mol. The quantitative estimate of drug-likeness (QED) is 0.185. The molecule has 0 saturated heterocycles. The molecule has 6 aromatic rings. The summed E-state index contributed by atoms with van der Waals surface area (Å²) in [4.78, 5) is 8.68. The molecule has 6 rings (SSSR count). The zero-order valence-electron chi connectivity index (χ0n) is 20.8. The minimum absolute atomic E-state index is 0. The van der Waals surface area contributed by atoms with E-state index in [1.165, 1.54) is 24.3 Å². The second kappa shape index (κ2) is 13.5. The van der Waals surface area contributed by atoms with Crippen molar-refractivity contribution in [1.29, 1.82) is 0 Å². The molecule has 4 aromatic carbocycles. The molecular formula is C34H24F2IrN2. The summed E-state index contributed by atoms with van der Waals surface area (Å²) in [6.07, 6.45) is 3.56. The van der Waals surface area contributed by atoms with Crippen LogP contribution in [-0.2, 0) is 20.1 Å². The molecule has 0 spiro atoms. The SMILES string of the molecule is Fc1ccc(-c2cc(-c3ccccc3)ccn2)cc1.Fc1ccc(-c2cc(-c3ccccc3)ccn2)cc1.[Ir]. The summed E-state index contributed by atoms with van der Waals surface area (Å²) in [5, 5.41) is 0. The van der Waals surface area contributed by atoms with Crippen LogP contribution in [0.15, 0.2) is 146 Å². The van der Waals surface area contributed by atoms with Gasteiger partial charge in [0.15, 0.2) is 0 Å². The van der Waals surface area contributed by atoms with Crippen LogP contribution in [0.5, 0.6) is 0 Å². The molecule has 39 heavy (non-hydrogen) atoms. The van der Waals surface area contributed by atoms with Gasteiger partial charge in [0, 0.05) is 43.6 Å². The third kappa shape index (κ3) is 7.38. The van der Waals surface area contributed by atoms with Crippen molar-refractivity contribution < 1.29 is 28.9 Å². The molecule has 2 heterocycles. The van der Waals surface area contributed by atoms with Gasteiger partial charge in [0.2, 0.25) is 0 Å². The van der Waals surface area contributed by atoms with Crippen LogP contribution < -0.4 is 0 Å². The van der Waals surface area contributed by atoms with Gasteiger partial charge < -0.3 is 0 Å². The van der Waals surface area contributed by atoms with Crippen molar-refractivity contribution in [2.75, 3.05) is 0 Å². The molecule has 0 aliphatic heterocycles. The van der Waals surface area contributed by atoms with Gasteiger partial charge in [-0.25, -0.2) is 8.78 Å². The van der Waals surface area contributed by atoms with Gasteiger partial charge in [-0.05, 0) is 95.1 Å². The van der Waals surface area contributed by atoms with Gasteiger partial charge >= 0.3 is 0 Å². The third-order valence-electron chi connectivity index (χ3n) is 6.01. The summed E-state index contributed by atoms with van der Waals surface area (Å²) in [5.41, 5.74) is 8.03. The van der Waals surface area contributed by atoms with Crippen LogP contribution in [0.2, 0.25) is 0 Å². The number of halogens is 2. The van der Waals surface area contributed by atoms with E-state index in [1.807, 2.05) is 60.7 Å². The van der Waals surface area contributed by atoms with Gasteiger partial charge in [0.05, 0.1) is 11.4 Å². The van der Waals surface area contributed by atoms with E-state index in [0.29, 0.717) is 0 Å². The normalized spacial score (nSPS) is 10.1. The number of benzene rings is 4. The summed E-state index contributed by atoms with van der Waals surface area (Å²) in [6.45, 7) is 0. The van der Waals surface area contributed by atoms with Crippen LogP contribution in [0.1, 0.15) is 0 Å². The summed E-state index contributed by atoms with van der Waals surface area (Å²) in [5.74, 6) is -0.467. The Kier molecular flexibility index (Phi) is 9.58. The van der Waals surface area contributed by atoms with Crippen LogP contribution in [0.4, 0.5) is 8.78 Å². The molecule has 0 bridgehead atoms. The average Bonchev–Trinajstić information content (AvgIpc) is 2.99. The number of pyridine rings is 2. The first-order chi connectivity index (χ1) is 18.7. The first-order valence-electron chi connectivity index (χ1n) is 12.2. The number of hydrogen-bond acceptors (Lipinski definition) is 2. The van der Waals surface area contributed by atoms with E-state index in [0.717, 1.165) is 44.8 Å². The fourth-order valence-electron chi connectivity index (χ4n) is 4.04. The Balaban J connectivity index is 0.000000176. The molecular weight excluding hydrogens is 667 g/mol. The van der Waals surface area contributed by atoms with Gasteiger partial charge in [-0.3, -0.25) is 9.97 Å². The van der Waals surface area contributed by atoms with Crippen LogP contribution in [0.3, 0.4) is 0 Å². The van der Waals surface area contributed by atoms with Crippen LogP contribution in [0.25, 0.3) is 44.8 Å². The molecule has 0 saturated carbocycles. The molecule has 1 radical (unpaired) electrons. The van der Waals surface area contributed by atoms with Crippen molar-refractivity contribution in [2.45, 2.75) is 0 Å². The van der Waals surface area contributed by atoms with Gasteiger partial charge in [-0.1, -0.05) is 60.7 Å². The van der Waals surface area contributed by atoms with Gasteiger partial charge in [0.25, 0.3) is 0 Å². The minimum atomic E-state index is -0.233. The van der Waals surface area contributed by atoms with Crippen molar-refractivity contribution >= 4 is 0 Å². The molecule has 5 heteroatoms. The summed E-state index contributed by atoms with van der Waals surface area (Å²) in [7, 11) is 0. The van der Waals surface area contributed by atoms with Crippen molar-refractivity contribution in [3.8, 4) is 44.8 Å². The minimum Gasteiger partial charge on any atom is -0.256 e. The Labute approximate surface area is 240 Å². The topological polar surface area (TPSA) is 25.8 Å². The Morgan fingerprint density at radius 1 is 0.359 bits per heavy atom. The first kappa shape index (κ1) is 27.7. The molecule has 0 N–H and O–H groups in total. The maximum Gasteiger partial charge on any atom is 0.123 e. The van der Waals surface area contributed by atoms with Crippen LogP contribution >= 0.6 is 0 Å². The molecule has 193 valence electrons. The molecule has 0 atom stereocenters. The van der Waals surface area contributed by atoms with Crippen molar-refractivity contribution in [1.82, 2.24) is 9.97 Å². The molecule has 0 fully saturated rings. The second-order valence-corrected chi connectivity index (χ2v) is 8.61. The van der Waals surface area contributed by atoms with Crippen molar-refractivity contribution in [2.24, 2.45) is 0 Å². The third-order valence-corrected chi connectivity index (χ3v) is 6.01. The second-order valence-electron chi connectivity index (χ2n) is 8.61. The summed E-state index contributed by atoms with van der Waals surface area (Å²) >= 11 is 0. The Bertz CT molecular complexity index is 1480. The Morgan fingerprint density at radius 3 is 1.08 bits per heavy atom. The predicted molar refractivity (Wildman–Crippen MR) is 150 cm³/mol. The summed E-state index contributed by atoms with van der Waals surface area (Å²) in [6, 6.07) is 41.0. The van der Waals surface area contributed by atoms with Crippen LogP contribution in [0, 0.1) is 11.6 Å². The molecule has 2 nitrogen and oxygen atoms in total. The van der Waals surface area contributed by atoms with Gasteiger partial charge in [-0.15, -0.1) is 0 Å². The van der Waals surface area contributed by atoms with E-state index in [2.05, 4.69) is 34.2 Å². The number of hydrogen-bond donors (Lipinski definition) is 0. The standard InChI is InChI=1S/2C17H12FN.Ir/c2*18-16-8-6-14(7-9-16)17-12-15(10-11-19-17)13-4-2-1-3-5-13;/h2*1-12H;. The molecule has 0 aliphatic carbocycles. The van der Waals surface area contributed by atoms with Crippen molar-refractivity contribution in [3.05, 3.63) is 157 Å². The maximum atomic E-state index is 12.9. The number of nitrogens with zero attached hydrogens (tertiary/aromatic N) is 2. The smallest absolute Gasteiger partial charge is 0.123 e. The fraction of sp³-hybridized carbons (Fsp3) is 0. The molecule has 0 amide bonds. The van der Waals surface area contributed by atoms with Gasteiger partial charge in [0.1, 0.15) is 11.6 Å². The number of aromatic nitrogens is 2. The first-order valence-corrected chi connectivity index (χ1v) is 12.2. The largest absolute Gasteiger partial charge is 0.256 e. The van der Waals surface area contributed by atoms with Crippen molar-refractivity contribution in [3.63, 3.8) is 0 Å². The van der Waals surface area contributed by atoms with E-state index in [9.17, 15) is 8.78 Å². The van der Waals surface area contributed by atoms with E-state index in [4.69, 9.17) is 0 Å². The zero-order chi connectivity index (χ0) is 26.2. The molecule has 2 aromatic heterocycles. The predicted octanol–water partition coefficient (Wildman–Crippen LogP) is 9.11. The van der Waals surface area contributed by atoms with E-state index in [1.54, 1.807) is 36.7 Å². The maximum absolute atomic E-state index is 12.9. The monoisotopic (exact) mass is 691 g/mol. The van der Waals surface area contributed by atoms with Gasteiger partial charge in [-0.2, -0.15) is 0 Å². The molecule has 0 unspecified atom stereocenters. The van der Waals surface area contributed by atoms with E-state index >= 15 is 0 Å². The summed E-state index contributed by atoms with van der Waals surface area (Å²) < 4.78 is 25.9. The fourth-order valence-corrected chi connectivity index (χ4v) is 4.04. The Hall–Kier alpha value is -4.31. The van der Waals surface area contributed by atoms with E-state index < -0.39 is 0 Å². The van der Waals surface area contributed by atoms with E-state index in [-0.39, 0.29) is 31.7 Å². The molecule has 0 aliphatic rings.